The Morgan fingerprint density at radius 3 is 2.83 bits per heavy atom. The van der Waals surface area contributed by atoms with Gasteiger partial charge in [0.1, 0.15) is 6.29 Å². The first-order valence-corrected chi connectivity index (χ1v) is 7.07. The minimum Gasteiger partial charge on any atom is -0.367 e. The average Bonchev–Trinajstić information content (AvgIpc) is 2.69. The molecule has 98 valence electrons. The van der Waals surface area contributed by atoms with Crippen molar-refractivity contribution in [2.45, 2.75) is 25.8 Å². The molecule has 0 bridgehead atoms. The Kier molecular flexibility index (Phi) is 4.07. The van der Waals surface area contributed by atoms with Gasteiger partial charge in [-0.3, -0.25) is 4.79 Å². The van der Waals surface area contributed by atoms with E-state index in [0.717, 1.165) is 29.4 Å². The van der Waals surface area contributed by atoms with Crippen LogP contribution in [0.3, 0.4) is 0 Å². The number of hydrogen-bond donors (Lipinski definition) is 1. The van der Waals surface area contributed by atoms with Crippen molar-refractivity contribution in [3.8, 4) is 0 Å². The van der Waals surface area contributed by atoms with Gasteiger partial charge in [-0.1, -0.05) is 0 Å². The van der Waals surface area contributed by atoms with Crippen molar-refractivity contribution in [2.24, 2.45) is 0 Å². The van der Waals surface area contributed by atoms with Gasteiger partial charge in [0, 0.05) is 35.1 Å². The largest absolute Gasteiger partial charge is 0.367 e. The Balaban J connectivity index is 2.50. The quantitative estimate of drug-likeness (QED) is 0.868. The Hall–Kier alpha value is -0.870. The smallest absolute Gasteiger partial charge is 0.150 e. The fraction of sp³-hybridized carbons (Fsp3) is 0.500. The highest BCUT2D eigenvalue weighted by molar-refractivity contribution is 9.10. The molecule has 0 saturated carbocycles. The van der Waals surface area contributed by atoms with E-state index in [1.807, 2.05) is 19.2 Å². The Labute approximate surface area is 117 Å². The van der Waals surface area contributed by atoms with E-state index >= 15 is 0 Å². The maximum atomic E-state index is 11.0. The molecule has 4 heteroatoms. The van der Waals surface area contributed by atoms with Crippen molar-refractivity contribution < 1.29 is 4.79 Å². The molecule has 0 aromatic heterocycles. The minimum absolute atomic E-state index is 0.448. The number of carbonyl (C=O) groups excluding carboxylic acids is 1. The van der Waals surface area contributed by atoms with Crippen molar-refractivity contribution in [3.05, 3.63) is 27.7 Å². The first kappa shape index (κ1) is 13.6. The van der Waals surface area contributed by atoms with E-state index < -0.39 is 0 Å². The van der Waals surface area contributed by atoms with Gasteiger partial charge in [-0.25, -0.2) is 0 Å². The predicted molar refractivity (Wildman–Crippen MR) is 78.7 cm³/mol. The fourth-order valence-corrected chi connectivity index (χ4v) is 3.36. The van der Waals surface area contributed by atoms with E-state index in [9.17, 15) is 4.79 Å². The second-order valence-corrected chi connectivity index (χ2v) is 5.91. The van der Waals surface area contributed by atoms with Crippen LogP contribution in [0, 0.1) is 0 Å². The maximum Gasteiger partial charge on any atom is 0.150 e. The number of fused-ring (bicyclic) bond motifs is 1. The van der Waals surface area contributed by atoms with Gasteiger partial charge in [0.05, 0.1) is 5.69 Å². The molecular formula is C14H19BrN2O. The third-order valence-electron chi connectivity index (χ3n) is 3.47. The van der Waals surface area contributed by atoms with Crippen molar-refractivity contribution in [1.29, 1.82) is 0 Å². The van der Waals surface area contributed by atoms with Crippen LogP contribution < -0.4 is 10.2 Å². The molecule has 0 fully saturated rings. The second-order valence-electron chi connectivity index (χ2n) is 5.06. The van der Waals surface area contributed by atoms with Crippen LogP contribution >= 0.6 is 15.9 Å². The molecule has 1 unspecified atom stereocenters. The van der Waals surface area contributed by atoms with Crippen molar-refractivity contribution in [2.75, 3.05) is 25.0 Å². The molecule has 0 aliphatic carbocycles. The van der Waals surface area contributed by atoms with Crippen LogP contribution in [0.1, 0.15) is 35.7 Å². The van der Waals surface area contributed by atoms with Gasteiger partial charge in [0.15, 0.2) is 0 Å². The molecule has 1 heterocycles. The molecule has 0 saturated heterocycles. The zero-order chi connectivity index (χ0) is 13.3. The maximum absolute atomic E-state index is 11.0. The van der Waals surface area contributed by atoms with Crippen LogP contribution in [-0.2, 0) is 0 Å². The van der Waals surface area contributed by atoms with Gasteiger partial charge in [-0.15, -0.1) is 0 Å². The van der Waals surface area contributed by atoms with Gasteiger partial charge in [-0.2, -0.15) is 0 Å². The number of nitrogens with zero attached hydrogens (tertiary/aromatic N) is 1. The molecule has 1 aliphatic heterocycles. The van der Waals surface area contributed by atoms with Crippen LogP contribution in [-0.4, -0.2) is 32.5 Å². The van der Waals surface area contributed by atoms with Gasteiger partial charge < -0.3 is 10.2 Å². The van der Waals surface area contributed by atoms with E-state index in [1.54, 1.807) is 0 Å². The molecule has 0 spiro atoms. The van der Waals surface area contributed by atoms with E-state index in [0.29, 0.717) is 12.0 Å². The first-order valence-electron chi connectivity index (χ1n) is 6.28. The summed E-state index contributed by atoms with van der Waals surface area (Å²) in [6.07, 6.45) is 0.916. The van der Waals surface area contributed by atoms with Crippen molar-refractivity contribution in [1.82, 2.24) is 5.32 Å². The first-order chi connectivity index (χ1) is 8.58. The number of carbonyl (C=O) groups is 1. The van der Waals surface area contributed by atoms with Crippen LogP contribution in [0.25, 0.3) is 0 Å². The molecule has 3 nitrogen and oxygen atoms in total. The van der Waals surface area contributed by atoms with Crippen molar-refractivity contribution in [3.63, 3.8) is 0 Å². The summed E-state index contributed by atoms with van der Waals surface area (Å²) in [4.78, 5) is 13.4. The molecule has 1 N–H and O–H groups in total. The standard InChI is InChI=1S/C14H19BrN2O/c1-9(2)17-7-11(6-16-3)12-4-10(8-18)5-13(15)14(12)17/h4-5,8-9,11,16H,6-7H2,1-3H3. The third kappa shape index (κ3) is 2.31. The van der Waals surface area contributed by atoms with E-state index in [1.165, 1.54) is 11.3 Å². The lowest BCUT2D eigenvalue weighted by Gasteiger charge is -2.25. The number of nitrogens with one attached hydrogen (secondary N) is 1. The summed E-state index contributed by atoms with van der Waals surface area (Å²) < 4.78 is 1.02. The number of likely N-dealkylation sites (N-methyl/N-ethyl adjacent to an activating group) is 1. The Morgan fingerprint density at radius 2 is 2.28 bits per heavy atom. The lowest BCUT2D eigenvalue weighted by atomic mass is 9.99. The number of hydrogen-bond acceptors (Lipinski definition) is 3. The summed E-state index contributed by atoms with van der Waals surface area (Å²) >= 11 is 3.61. The molecule has 0 amide bonds. The Morgan fingerprint density at radius 1 is 1.56 bits per heavy atom. The van der Waals surface area contributed by atoms with Crippen LogP contribution in [0.5, 0.6) is 0 Å². The number of anilines is 1. The monoisotopic (exact) mass is 310 g/mol. The van der Waals surface area contributed by atoms with Crippen LogP contribution in [0.4, 0.5) is 5.69 Å². The summed E-state index contributed by atoms with van der Waals surface area (Å²) in [6.45, 7) is 6.34. The van der Waals surface area contributed by atoms with Crippen LogP contribution in [0.15, 0.2) is 16.6 Å². The minimum atomic E-state index is 0.448. The fourth-order valence-electron chi connectivity index (χ4n) is 2.64. The predicted octanol–water partition coefficient (Wildman–Crippen LogP) is 2.79. The zero-order valence-electron chi connectivity index (χ0n) is 11.0. The number of rotatable bonds is 4. The summed E-state index contributed by atoms with van der Waals surface area (Å²) in [5.41, 5.74) is 3.26. The molecule has 1 aromatic carbocycles. The topological polar surface area (TPSA) is 32.3 Å². The summed E-state index contributed by atoms with van der Waals surface area (Å²) in [7, 11) is 1.97. The Bertz CT molecular complexity index is 459. The number of benzene rings is 1. The summed E-state index contributed by atoms with van der Waals surface area (Å²) in [5, 5.41) is 3.24. The second kappa shape index (κ2) is 5.41. The number of halogens is 1. The zero-order valence-corrected chi connectivity index (χ0v) is 12.6. The molecule has 1 atom stereocenters. The molecule has 2 rings (SSSR count). The third-order valence-corrected chi connectivity index (χ3v) is 4.07. The van der Waals surface area contributed by atoms with Gasteiger partial charge in [-0.05, 0) is 54.5 Å². The van der Waals surface area contributed by atoms with Gasteiger partial charge in [0.2, 0.25) is 0 Å². The molecular weight excluding hydrogens is 292 g/mol. The lowest BCUT2D eigenvalue weighted by Crippen LogP contribution is -2.31. The molecule has 18 heavy (non-hydrogen) atoms. The lowest BCUT2D eigenvalue weighted by molar-refractivity contribution is 0.112. The summed E-state index contributed by atoms with van der Waals surface area (Å²) in [5.74, 6) is 0.448. The highest BCUT2D eigenvalue weighted by atomic mass is 79.9. The highest BCUT2D eigenvalue weighted by Gasteiger charge is 2.31. The van der Waals surface area contributed by atoms with E-state index in [2.05, 4.69) is 40.0 Å². The number of aldehydes is 1. The SMILES string of the molecule is CNCC1CN(C(C)C)c2c(Br)cc(C=O)cc21. The van der Waals surface area contributed by atoms with E-state index in [-0.39, 0.29) is 0 Å². The summed E-state index contributed by atoms with van der Waals surface area (Å²) in [6, 6.07) is 4.39. The highest BCUT2D eigenvalue weighted by Crippen LogP contribution is 2.42. The van der Waals surface area contributed by atoms with Gasteiger partial charge in [0.25, 0.3) is 0 Å². The normalized spacial score (nSPS) is 18.3. The molecule has 1 aromatic rings. The average molecular weight is 311 g/mol. The molecule has 1 aliphatic rings. The van der Waals surface area contributed by atoms with Crippen LogP contribution in [0.2, 0.25) is 0 Å². The van der Waals surface area contributed by atoms with E-state index in [4.69, 9.17) is 0 Å². The van der Waals surface area contributed by atoms with Crippen molar-refractivity contribution >= 4 is 27.9 Å². The molecule has 0 radical (unpaired) electrons. The van der Waals surface area contributed by atoms with Gasteiger partial charge >= 0.3 is 0 Å².